The van der Waals surface area contributed by atoms with Gasteiger partial charge < -0.3 is 5.73 Å². The first kappa shape index (κ1) is 9.37. The average molecular weight is 260 g/mol. The van der Waals surface area contributed by atoms with Gasteiger partial charge in [0.1, 0.15) is 0 Å². The summed E-state index contributed by atoms with van der Waals surface area (Å²) >= 11 is 5.04. The fraction of sp³-hybridized carbons (Fsp3) is 0.444. The number of hydrogen-bond acceptors (Lipinski definition) is 3. The third-order valence-corrected chi connectivity index (χ3v) is 4.34. The van der Waals surface area contributed by atoms with Crippen LogP contribution in [0.15, 0.2) is 15.9 Å². The molecule has 0 atom stereocenters. The van der Waals surface area contributed by atoms with Gasteiger partial charge in [0.05, 0.1) is 15.7 Å². The normalized spacial score (nSPS) is 18.6. The Morgan fingerprint density at radius 3 is 2.69 bits per heavy atom. The van der Waals surface area contributed by atoms with Crippen molar-refractivity contribution < 1.29 is 4.79 Å². The lowest BCUT2D eigenvalue weighted by atomic mass is 9.99. The number of rotatable bonds is 3. The van der Waals surface area contributed by atoms with Gasteiger partial charge in [-0.2, -0.15) is 0 Å². The second kappa shape index (κ2) is 3.19. The summed E-state index contributed by atoms with van der Waals surface area (Å²) in [6.07, 6.45) is 1.94. The van der Waals surface area contributed by atoms with Crippen molar-refractivity contribution in [1.82, 2.24) is 0 Å². The van der Waals surface area contributed by atoms with Crippen LogP contribution in [0.3, 0.4) is 0 Å². The molecule has 0 bridgehead atoms. The third kappa shape index (κ3) is 1.47. The smallest absolute Gasteiger partial charge is 0.157 e. The zero-order valence-corrected chi connectivity index (χ0v) is 9.45. The van der Waals surface area contributed by atoms with Crippen LogP contribution >= 0.6 is 27.3 Å². The maximum atomic E-state index is 11.6. The molecule has 0 aliphatic heterocycles. The highest BCUT2D eigenvalue weighted by Crippen LogP contribution is 2.51. The van der Waals surface area contributed by atoms with E-state index in [1.807, 2.05) is 12.1 Å². The molecule has 2 N–H and O–H groups in total. The van der Waals surface area contributed by atoms with Gasteiger partial charge >= 0.3 is 0 Å². The van der Waals surface area contributed by atoms with Crippen molar-refractivity contribution in [3.8, 4) is 0 Å². The first-order valence-corrected chi connectivity index (χ1v) is 5.79. The molecule has 2 rings (SSSR count). The number of hydrogen-bond donors (Lipinski definition) is 1. The van der Waals surface area contributed by atoms with E-state index >= 15 is 0 Å². The van der Waals surface area contributed by atoms with Crippen LogP contribution in [-0.4, -0.2) is 12.3 Å². The highest BCUT2D eigenvalue weighted by Gasteiger charge is 2.50. The Bertz CT molecular complexity index is 343. The van der Waals surface area contributed by atoms with E-state index in [1.165, 1.54) is 0 Å². The first-order valence-electron chi connectivity index (χ1n) is 4.18. The second-order valence-corrected chi connectivity index (χ2v) is 5.78. The quantitative estimate of drug-likeness (QED) is 0.904. The van der Waals surface area contributed by atoms with E-state index in [1.54, 1.807) is 11.3 Å². The lowest BCUT2D eigenvalue weighted by Gasteiger charge is -2.09. The standard InChI is InChI=1S/C9H10BrNOS/c10-8-2-1-7(13-8)9(3-4-9)6(12)5-11/h1-2H,3-5,11H2. The number of nitrogens with two attached hydrogens (primary N) is 1. The lowest BCUT2D eigenvalue weighted by molar-refractivity contribution is -0.120. The summed E-state index contributed by atoms with van der Waals surface area (Å²) in [5.74, 6) is 0.182. The Hall–Kier alpha value is -0.190. The zero-order chi connectivity index (χ0) is 9.47. The highest BCUT2D eigenvalue weighted by molar-refractivity contribution is 9.11. The Balaban J connectivity index is 2.30. The first-order chi connectivity index (χ1) is 6.19. The maximum absolute atomic E-state index is 11.6. The minimum atomic E-state index is -0.203. The van der Waals surface area contributed by atoms with E-state index in [0.29, 0.717) is 0 Å². The lowest BCUT2D eigenvalue weighted by Crippen LogP contribution is -2.27. The summed E-state index contributed by atoms with van der Waals surface area (Å²) in [5.41, 5.74) is 5.18. The molecule has 0 spiro atoms. The molecule has 1 heterocycles. The van der Waals surface area contributed by atoms with E-state index in [0.717, 1.165) is 21.5 Å². The Kier molecular flexibility index (Phi) is 2.30. The summed E-state index contributed by atoms with van der Waals surface area (Å²) in [5, 5.41) is 0. The summed E-state index contributed by atoms with van der Waals surface area (Å²) in [7, 11) is 0. The van der Waals surface area contributed by atoms with Gasteiger partial charge in [0, 0.05) is 4.88 Å². The number of halogens is 1. The van der Waals surface area contributed by atoms with Crippen molar-refractivity contribution in [2.24, 2.45) is 5.73 Å². The van der Waals surface area contributed by atoms with Crippen LogP contribution in [0.2, 0.25) is 0 Å². The van der Waals surface area contributed by atoms with Crippen molar-refractivity contribution in [2.45, 2.75) is 18.3 Å². The van der Waals surface area contributed by atoms with Gasteiger partial charge in [-0.3, -0.25) is 4.79 Å². The number of ketones is 1. The molecule has 4 heteroatoms. The van der Waals surface area contributed by atoms with Crippen molar-refractivity contribution in [2.75, 3.05) is 6.54 Å². The largest absolute Gasteiger partial charge is 0.324 e. The summed E-state index contributed by atoms with van der Waals surface area (Å²) in [4.78, 5) is 12.7. The molecule has 1 aromatic heterocycles. The Morgan fingerprint density at radius 2 is 2.31 bits per heavy atom. The Labute approximate surface area is 89.3 Å². The number of thiophene rings is 1. The van der Waals surface area contributed by atoms with Gasteiger partial charge in [0.2, 0.25) is 0 Å². The SMILES string of the molecule is NCC(=O)C1(c2ccc(Br)s2)CC1. The third-order valence-electron chi connectivity index (χ3n) is 2.51. The molecule has 1 aliphatic rings. The Morgan fingerprint density at radius 1 is 1.62 bits per heavy atom. The second-order valence-electron chi connectivity index (χ2n) is 3.31. The molecule has 1 aliphatic carbocycles. The number of carbonyl (C=O) groups is 1. The van der Waals surface area contributed by atoms with E-state index in [2.05, 4.69) is 15.9 Å². The monoisotopic (exact) mass is 259 g/mol. The van der Waals surface area contributed by atoms with Crippen LogP contribution in [-0.2, 0) is 10.2 Å². The van der Waals surface area contributed by atoms with Crippen molar-refractivity contribution >= 4 is 33.0 Å². The molecule has 0 unspecified atom stereocenters. The molecule has 70 valence electrons. The van der Waals surface area contributed by atoms with Crippen LogP contribution < -0.4 is 5.73 Å². The van der Waals surface area contributed by atoms with E-state index in [-0.39, 0.29) is 17.7 Å². The molecule has 0 aromatic carbocycles. The van der Waals surface area contributed by atoms with E-state index in [9.17, 15) is 4.79 Å². The fourth-order valence-electron chi connectivity index (χ4n) is 1.55. The van der Waals surface area contributed by atoms with Gasteiger partial charge in [0.25, 0.3) is 0 Å². The summed E-state index contributed by atoms with van der Waals surface area (Å²) < 4.78 is 1.08. The molecule has 0 amide bonds. The zero-order valence-electron chi connectivity index (χ0n) is 7.05. The summed E-state index contributed by atoms with van der Waals surface area (Å²) in [6, 6.07) is 4.01. The van der Waals surface area contributed by atoms with Crippen molar-refractivity contribution in [3.05, 3.63) is 20.8 Å². The van der Waals surface area contributed by atoms with Crippen molar-refractivity contribution in [1.29, 1.82) is 0 Å². The summed E-state index contributed by atoms with van der Waals surface area (Å²) in [6.45, 7) is 0.162. The fourth-order valence-corrected chi connectivity index (χ4v) is 3.21. The molecule has 0 radical (unpaired) electrons. The van der Waals surface area contributed by atoms with Gasteiger partial charge in [-0.05, 0) is 40.9 Å². The number of carbonyl (C=O) groups excluding carboxylic acids is 1. The molecule has 1 fully saturated rings. The molecule has 0 saturated heterocycles. The maximum Gasteiger partial charge on any atom is 0.157 e. The van der Waals surface area contributed by atoms with Crippen LogP contribution in [0.4, 0.5) is 0 Å². The molecule has 1 aromatic rings. The molecular formula is C9H10BrNOS. The van der Waals surface area contributed by atoms with Gasteiger partial charge in [-0.25, -0.2) is 0 Å². The van der Waals surface area contributed by atoms with Crippen LogP contribution in [0.25, 0.3) is 0 Å². The van der Waals surface area contributed by atoms with E-state index in [4.69, 9.17) is 5.73 Å². The molecule has 2 nitrogen and oxygen atoms in total. The van der Waals surface area contributed by atoms with Crippen LogP contribution in [0.5, 0.6) is 0 Å². The predicted octanol–water partition coefficient (Wildman–Crippen LogP) is 2.07. The van der Waals surface area contributed by atoms with E-state index < -0.39 is 0 Å². The average Bonchev–Trinajstić information content (AvgIpc) is 2.83. The van der Waals surface area contributed by atoms with Gasteiger partial charge in [-0.1, -0.05) is 0 Å². The van der Waals surface area contributed by atoms with Crippen LogP contribution in [0, 0.1) is 0 Å². The minimum Gasteiger partial charge on any atom is -0.324 e. The molecule has 13 heavy (non-hydrogen) atoms. The predicted molar refractivity (Wildman–Crippen MR) is 57.0 cm³/mol. The van der Waals surface area contributed by atoms with Crippen LogP contribution in [0.1, 0.15) is 17.7 Å². The topological polar surface area (TPSA) is 43.1 Å². The number of Topliss-reactive ketones (excluding diaryl/α,β-unsaturated/α-hetero) is 1. The van der Waals surface area contributed by atoms with Gasteiger partial charge in [-0.15, -0.1) is 11.3 Å². The molecular weight excluding hydrogens is 250 g/mol. The molecule has 1 saturated carbocycles. The highest BCUT2D eigenvalue weighted by atomic mass is 79.9. The van der Waals surface area contributed by atoms with Gasteiger partial charge in [0.15, 0.2) is 5.78 Å². The minimum absolute atomic E-state index is 0.162. The van der Waals surface area contributed by atoms with Crippen molar-refractivity contribution in [3.63, 3.8) is 0 Å².